The van der Waals surface area contributed by atoms with E-state index in [9.17, 15) is 17.2 Å². The molecule has 190 valence electrons. The largest absolute Gasteiger partial charge is 0.480 e. The Bertz CT molecular complexity index is 1760. The van der Waals surface area contributed by atoms with Crippen LogP contribution >= 0.6 is 0 Å². The van der Waals surface area contributed by atoms with Crippen molar-refractivity contribution in [2.75, 3.05) is 11.8 Å². The summed E-state index contributed by atoms with van der Waals surface area (Å²) < 4.78 is 78.3. The van der Waals surface area contributed by atoms with Gasteiger partial charge < -0.3 is 14.1 Å². The van der Waals surface area contributed by atoms with Crippen LogP contribution < -0.4 is 9.46 Å². The second-order valence-electron chi connectivity index (χ2n) is 8.15. The summed E-state index contributed by atoms with van der Waals surface area (Å²) in [4.78, 5) is 14.9. The van der Waals surface area contributed by atoms with E-state index < -0.39 is 43.6 Å². The molecule has 0 aliphatic carbocycles. The van der Waals surface area contributed by atoms with Crippen LogP contribution in [0.25, 0.3) is 28.2 Å². The minimum Gasteiger partial charge on any atom is -0.480 e. The summed E-state index contributed by atoms with van der Waals surface area (Å²) in [6.45, 7) is 3.75. The molecule has 0 unspecified atom stereocenters. The molecule has 0 radical (unpaired) electrons. The highest BCUT2D eigenvalue weighted by Crippen LogP contribution is 2.34. The molecule has 2 N–H and O–H groups in total. The molecule has 13 heteroatoms. The topological polar surface area (TPSA) is 114 Å². The molecule has 9 nitrogen and oxygen atoms in total. The molecule has 0 aliphatic heterocycles. The number of hydrogen-bond donors (Lipinski definition) is 2. The van der Waals surface area contributed by atoms with Crippen molar-refractivity contribution in [2.45, 2.75) is 18.7 Å². The highest BCUT2D eigenvalue weighted by Gasteiger charge is 2.25. The molecule has 5 rings (SSSR count). The number of nitrogens with zero attached hydrogens (tertiary/aromatic N) is 4. The number of rotatable bonds is 6. The fraction of sp³-hybridized carbons (Fsp3) is 0.125. The minimum atomic E-state index is -4.54. The van der Waals surface area contributed by atoms with Crippen molar-refractivity contribution >= 4 is 21.2 Å². The second-order valence-corrected chi connectivity index (χ2v) is 9.80. The lowest BCUT2D eigenvalue weighted by Gasteiger charge is -2.14. The number of methoxy groups -OCH3 is 1. The van der Waals surface area contributed by atoms with Crippen molar-refractivity contribution in [3.8, 4) is 28.5 Å². The summed E-state index contributed by atoms with van der Waals surface area (Å²) in [5.74, 6) is -2.85. The predicted molar refractivity (Wildman–Crippen MR) is 129 cm³/mol. The van der Waals surface area contributed by atoms with Gasteiger partial charge in [-0.05, 0) is 32.0 Å². The predicted octanol–water partition coefficient (Wildman–Crippen LogP) is 4.63. The lowest BCUT2D eigenvalue weighted by molar-refractivity contribution is 0.382. The number of benzene rings is 1. The SMILES string of the molecule is COc1ncc(F)cc1S(=O)(=O)Nc1ccc(F)c(-c2ccc3c(-c4nc(C)c(C)[nH]4)ncn3c2)c1F. The Labute approximate surface area is 209 Å². The van der Waals surface area contributed by atoms with Crippen molar-refractivity contribution in [1.82, 2.24) is 24.3 Å². The van der Waals surface area contributed by atoms with Crippen molar-refractivity contribution in [2.24, 2.45) is 0 Å². The monoisotopic (exact) mass is 528 g/mol. The number of hydrogen-bond acceptors (Lipinski definition) is 6. The summed E-state index contributed by atoms with van der Waals surface area (Å²) in [6.07, 6.45) is 3.72. The highest BCUT2D eigenvalue weighted by atomic mass is 32.2. The fourth-order valence-corrected chi connectivity index (χ4v) is 5.03. The van der Waals surface area contributed by atoms with E-state index in [1.807, 2.05) is 18.6 Å². The molecule has 37 heavy (non-hydrogen) atoms. The van der Waals surface area contributed by atoms with Crippen LogP contribution in [0.1, 0.15) is 11.4 Å². The summed E-state index contributed by atoms with van der Waals surface area (Å²) in [5, 5.41) is 0. The van der Waals surface area contributed by atoms with E-state index in [0.717, 1.165) is 36.8 Å². The molecule has 4 heterocycles. The van der Waals surface area contributed by atoms with E-state index in [1.54, 1.807) is 10.5 Å². The maximum Gasteiger partial charge on any atom is 0.267 e. The lowest BCUT2D eigenvalue weighted by Crippen LogP contribution is -2.16. The minimum absolute atomic E-state index is 0.129. The molecule has 0 aliphatic rings. The van der Waals surface area contributed by atoms with Gasteiger partial charge in [-0.1, -0.05) is 6.07 Å². The molecule has 0 saturated heterocycles. The summed E-state index contributed by atoms with van der Waals surface area (Å²) in [5.41, 5.74) is 2.03. The molecule has 5 aromatic rings. The number of aromatic nitrogens is 5. The van der Waals surface area contributed by atoms with Gasteiger partial charge in [0.25, 0.3) is 10.0 Å². The highest BCUT2D eigenvalue weighted by molar-refractivity contribution is 7.92. The van der Waals surface area contributed by atoms with Gasteiger partial charge in [-0.15, -0.1) is 0 Å². The van der Waals surface area contributed by atoms with Crippen LogP contribution in [0, 0.1) is 31.3 Å². The van der Waals surface area contributed by atoms with E-state index in [4.69, 9.17) is 4.74 Å². The summed E-state index contributed by atoms with van der Waals surface area (Å²) >= 11 is 0. The van der Waals surface area contributed by atoms with Gasteiger partial charge in [-0.25, -0.2) is 36.5 Å². The van der Waals surface area contributed by atoms with Gasteiger partial charge in [-0.2, -0.15) is 0 Å². The van der Waals surface area contributed by atoms with E-state index in [0.29, 0.717) is 23.1 Å². The zero-order valence-electron chi connectivity index (χ0n) is 19.7. The summed E-state index contributed by atoms with van der Waals surface area (Å²) in [7, 11) is -3.39. The molecular weight excluding hydrogens is 509 g/mol. The van der Waals surface area contributed by atoms with E-state index in [2.05, 4.69) is 19.9 Å². The molecule has 0 bridgehead atoms. The van der Waals surface area contributed by atoms with Crippen LogP contribution in [0.4, 0.5) is 18.9 Å². The van der Waals surface area contributed by atoms with Crippen molar-refractivity contribution in [3.63, 3.8) is 0 Å². The number of pyridine rings is 2. The Morgan fingerprint density at radius 2 is 1.86 bits per heavy atom. The van der Waals surface area contributed by atoms with Gasteiger partial charge in [0.05, 0.1) is 35.8 Å². The van der Waals surface area contributed by atoms with Crippen LogP contribution in [-0.4, -0.2) is 39.9 Å². The smallest absolute Gasteiger partial charge is 0.267 e. The fourth-order valence-electron chi connectivity index (χ4n) is 3.84. The van der Waals surface area contributed by atoms with Crippen LogP contribution in [0.15, 0.2) is 53.9 Å². The maximum absolute atomic E-state index is 15.5. The Morgan fingerprint density at radius 3 is 2.57 bits per heavy atom. The summed E-state index contributed by atoms with van der Waals surface area (Å²) in [6, 6.07) is 5.66. The third-order valence-corrected chi connectivity index (χ3v) is 7.14. The normalized spacial score (nSPS) is 11.7. The van der Waals surface area contributed by atoms with Gasteiger partial charge in [0.2, 0.25) is 5.88 Å². The number of anilines is 1. The van der Waals surface area contributed by atoms with E-state index >= 15 is 4.39 Å². The molecule has 0 fully saturated rings. The molecule has 0 saturated carbocycles. The Kier molecular flexibility index (Phi) is 5.86. The Hall–Kier alpha value is -4.39. The van der Waals surface area contributed by atoms with Gasteiger partial charge in [-0.3, -0.25) is 4.72 Å². The van der Waals surface area contributed by atoms with Crippen molar-refractivity contribution < 1.29 is 26.3 Å². The lowest BCUT2D eigenvalue weighted by atomic mass is 10.0. The Morgan fingerprint density at radius 1 is 1.08 bits per heavy atom. The molecular formula is C24H19F3N6O3S. The third kappa shape index (κ3) is 4.27. The molecule has 0 atom stereocenters. The number of halogens is 3. The second kappa shape index (κ2) is 8.92. The number of ether oxygens (including phenoxy) is 1. The maximum atomic E-state index is 15.5. The Balaban J connectivity index is 1.55. The number of aryl methyl sites for hydroxylation is 2. The number of fused-ring (bicyclic) bond motifs is 1. The molecule has 4 aromatic heterocycles. The number of nitrogens with one attached hydrogen (secondary N) is 2. The van der Waals surface area contributed by atoms with Crippen LogP contribution in [-0.2, 0) is 10.0 Å². The standard InChI is InChI=1S/C24H19F3N6O3S/c1-12-13(2)31-23(30-12)22-18-7-4-14(10-33(18)11-29-22)20-16(26)5-6-17(21(20)27)32-37(34,35)19-8-15(25)9-28-24(19)36-3/h4-11,32H,1-3H3,(H,30,31). The van der Waals surface area contributed by atoms with Gasteiger partial charge in [0.1, 0.15) is 23.7 Å². The first-order valence-electron chi connectivity index (χ1n) is 10.8. The average molecular weight is 529 g/mol. The zero-order chi connectivity index (χ0) is 26.5. The van der Waals surface area contributed by atoms with E-state index in [1.165, 1.54) is 18.6 Å². The first-order chi connectivity index (χ1) is 17.6. The van der Waals surface area contributed by atoms with Gasteiger partial charge >= 0.3 is 0 Å². The average Bonchev–Trinajstić information content (AvgIpc) is 3.43. The third-order valence-electron chi connectivity index (χ3n) is 5.78. The quantitative estimate of drug-likeness (QED) is 0.332. The number of imidazole rings is 2. The first-order valence-corrected chi connectivity index (χ1v) is 12.3. The molecule has 0 spiro atoms. The zero-order valence-corrected chi connectivity index (χ0v) is 20.5. The van der Waals surface area contributed by atoms with Gasteiger partial charge in [0, 0.05) is 23.5 Å². The van der Waals surface area contributed by atoms with Crippen molar-refractivity contribution in [3.05, 3.63) is 77.9 Å². The van der Waals surface area contributed by atoms with Crippen LogP contribution in [0.2, 0.25) is 0 Å². The van der Waals surface area contributed by atoms with E-state index in [-0.39, 0.29) is 11.4 Å². The van der Waals surface area contributed by atoms with Crippen molar-refractivity contribution in [1.29, 1.82) is 0 Å². The first kappa shape index (κ1) is 24.3. The molecule has 0 amide bonds. The number of sulfonamides is 1. The van der Waals surface area contributed by atoms with Crippen LogP contribution in [0.5, 0.6) is 5.88 Å². The van der Waals surface area contributed by atoms with Crippen LogP contribution in [0.3, 0.4) is 0 Å². The van der Waals surface area contributed by atoms with Gasteiger partial charge in [0.15, 0.2) is 16.5 Å². The molecule has 1 aromatic carbocycles. The number of aromatic amines is 1. The number of H-pyrrole nitrogens is 1.